The first-order chi connectivity index (χ1) is 8.89. The Morgan fingerprint density at radius 1 is 1.47 bits per heavy atom. The molecule has 106 valence electrons. The van der Waals surface area contributed by atoms with E-state index in [1.54, 1.807) is 0 Å². The molecule has 0 aromatic carbocycles. The molecular weight excluding hydrogens is 244 g/mol. The zero-order valence-electron chi connectivity index (χ0n) is 11.8. The summed E-state index contributed by atoms with van der Waals surface area (Å²) in [4.78, 5) is 12.2. The molecule has 1 aromatic heterocycles. The van der Waals surface area contributed by atoms with Gasteiger partial charge in [0.2, 0.25) is 5.91 Å². The lowest BCUT2D eigenvalue weighted by Gasteiger charge is -2.39. The van der Waals surface area contributed by atoms with Gasteiger partial charge in [-0.05, 0) is 19.1 Å². The molecule has 0 unspecified atom stereocenters. The molecule has 0 atom stereocenters. The quantitative estimate of drug-likeness (QED) is 0.832. The molecule has 0 bridgehead atoms. The summed E-state index contributed by atoms with van der Waals surface area (Å²) < 4.78 is 10.7. The van der Waals surface area contributed by atoms with Crippen LogP contribution in [0, 0.1) is 12.3 Å². The fraction of sp³-hybridized carbons (Fsp3) is 0.643. The van der Waals surface area contributed by atoms with E-state index in [0.717, 1.165) is 11.5 Å². The molecule has 2 rings (SSSR count). The summed E-state index contributed by atoms with van der Waals surface area (Å²) in [7, 11) is 0. The minimum Gasteiger partial charge on any atom is -0.466 e. The lowest BCUT2D eigenvalue weighted by Crippen LogP contribution is -2.59. The summed E-state index contributed by atoms with van der Waals surface area (Å²) in [6, 6.07) is 3.88. The van der Waals surface area contributed by atoms with E-state index in [1.807, 2.05) is 32.9 Å². The molecule has 1 aliphatic heterocycles. The summed E-state index contributed by atoms with van der Waals surface area (Å²) in [5.41, 5.74) is 4.89. The van der Waals surface area contributed by atoms with Gasteiger partial charge in [0, 0.05) is 18.5 Å². The number of carbonyl (C=O) groups is 1. The Balaban J connectivity index is 1.96. The Kier molecular flexibility index (Phi) is 3.69. The van der Waals surface area contributed by atoms with Crippen molar-refractivity contribution in [2.24, 2.45) is 11.1 Å². The highest BCUT2D eigenvalue weighted by Gasteiger charge is 2.45. The van der Waals surface area contributed by atoms with E-state index in [4.69, 9.17) is 14.9 Å². The molecule has 1 aliphatic rings. The van der Waals surface area contributed by atoms with Crippen LogP contribution in [0.4, 0.5) is 0 Å². The highest BCUT2D eigenvalue weighted by atomic mass is 16.5. The minimum absolute atomic E-state index is 0.0300. The number of furan rings is 1. The topological polar surface area (TPSA) is 77.5 Å². The summed E-state index contributed by atoms with van der Waals surface area (Å²) in [6.45, 7) is 7.65. The molecule has 5 heteroatoms. The standard InChI is InChI=1S/C14H22N2O3/c1-10-4-5-11(19-10)13(2,3)7-16-12(17)14(6-15)8-18-9-14/h4-5H,6-9,15H2,1-3H3,(H,16,17). The van der Waals surface area contributed by atoms with Gasteiger partial charge in [0.15, 0.2) is 0 Å². The number of amides is 1. The number of aryl methyl sites for hydroxylation is 1. The van der Waals surface area contributed by atoms with E-state index < -0.39 is 5.41 Å². The van der Waals surface area contributed by atoms with Crippen molar-refractivity contribution in [3.8, 4) is 0 Å². The van der Waals surface area contributed by atoms with Crippen molar-refractivity contribution in [3.05, 3.63) is 23.7 Å². The second-order valence-electron chi connectivity index (χ2n) is 5.95. The first kappa shape index (κ1) is 14.1. The van der Waals surface area contributed by atoms with Gasteiger partial charge in [-0.1, -0.05) is 13.8 Å². The van der Waals surface area contributed by atoms with Crippen molar-refractivity contribution in [1.29, 1.82) is 0 Å². The van der Waals surface area contributed by atoms with Crippen LogP contribution in [-0.4, -0.2) is 32.2 Å². The highest BCUT2D eigenvalue weighted by Crippen LogP contribution is 2.28. The van der Waals surface area contributed by atoms with Gasteiger partial charge in [0.1, 0.15) is 16.9 Å². The monoisotopic (exact) mass is 266 g/mol. The van der Waals surface area contributed by atoms with E-state index in [2.05, 4.69) is 5.32 Å². The molecule has 0 radical (unpaired) electrons. The van der Waals surface area contributed by atoms with E-state index in [9.17, 15) is 4.79 Å². The lowest BCUT2D eigenvalue weighted by atomic mass is 9.84. The normalized spacial score (nSPS) is 17.9. The Labute approximate surface area is 113 Å². The SMILES string of the molecule is Cc1ccc(C(C)(C)CNC(=O)C2(CN)COC2)o1. The van der Waals surface area contributed by atoms with Gasteiger partial charge < -0.3 is 20.2 Å². The summed E-state index contributed by atoms with van der Waals surface area (Å²) in [5.74, 6) is 1.72. The number of ether oxygens (including phenoxy) is 1. The number of carbonyl (C=O) groups excluding carboxylic acids is 1. The maximum atomic E-state index is 12.2. The van der Waals surface area contributed by atoms with Crippen molar-refractivity contribution >= 4 is 5.91 Å². The fourth-order valence-corrected chi connectivity index (χ4v) is 2.06. The molecular formula is C14H22N2O3. The van der Waals surface area contributed by atoms with Crippen molar-refractivity contribution in [1.82, 2.24) is 5.32 Å². The third-order valence-electron chi connectivity index (χ3n) is 3.73. The van der Waals surface area contributed by atoms with Crippen LogP contribution in [0.25, 0.3) is 0 Å². The van der Waals surface area contributed by atoms with Gasteiger partial charge in [-0.2, -0.15) is 0 Å². The molecule has 2 heterocycles. The van der Waals surface area contributed by atoms with E-state index in [1.165, 1.54) is 0 Å². The highest BCUT2D eigenvalue weighted by molar-refractivity contribution is 5.84. The zero-order valence-corrected chi connectivity index (χ0v) is 11.8. The van der Waals surface area contributed by atoms with Crippen LogP contribution in [-0.2, 0) is 14.9 Å². The van der Waals surface area contributed by atoms with Gasteiger partial charge in [-0.3, -0.25) is 4.79 Å². The van der Waals surface area contributed by atoms with Crippen LogP contribution in [0.3, 0.4) is 0 Å². The van der Waals surface area contributed by atoms with Crippen molar-refractivity contribution < 1.29 is 13.9 Å². The van der Waals surface area contributed by atoms with Crippen LogP contribution in [0.1, 0.15) is 25.4 Å². The average Bonchev–Trinajstić information content (AvgIpc) is 2.73. The summed E-state index contributed by atoms with van der Waals surface area (Å²) >= 11 is 0. The van der Waals surface area contributed by atoms with Crippen LogP contribution in [0.2, 0.25) is 0 Å². The maximum absolute atomic E-state index is 12.2. The number of hydrogen-bond acceptors (Lipinski definition) is 4. The van der Waals surface area contributed by atoms with E-state index in [0.29, 0.717) is 26.3 Å². The second-order valence-corrected chi connectivity index (χ2v) is 5.95. The molecule has 1 fully saturated rings. The molecule has 3 N–H and O–H groups in total. The van der Waals surface area contributed by atoms with Crippen molar-refractivity contribution in [2.75, 3.05) is 26.3 Å². The van der Waals surface area contributed by atoms with Crippen molar-refractivity contribution in [2.45, 2.75) is 26.2 Å². The van der Waals surface area contributed by atoms with E-state index in [-0.39, 0.29) is 11.3 Å². The number of rotatable bonds is 5. The molecule has 1 saturated heterocycles. The van der Waals surface area contributed by atoms with Crippen LogP contribution >= 0.6 is 0 Å². The average molecular weight is 266 g/mol. The first-order valence-electron chi connectivity index (χ1n) is 6.53. The smallest absolute Gasteiger partial charge is 0.232 e. The van der Waals surface area contributed by atoms with Crippen LogP contribution in [0.15, 0.2) is 16.5 Å². The number of nitrogens with one attached hydrogen (secondary N) is 1. The Morgan fingerprint density at radius 3 is 2.58 bits per heavy atom. The molecule has 1 aromatic rings. The lowest BCUT2D eigenvalue weighted by molar-refractivity contribution is -0.159. The fourth-order valence-electron chi connectivity index (χ4n) is 2.06. The molecule has 0 saturated carbocycles. The Hall–Kier alpha value is -1.33. The molecule has 1 amide bonds. The largest absolute Gasteiger partial charge is 0.466 e. The van der Waals surface area contributed by atoms with Gasteiger partial charge in [-0.25, -0.2) is 0 Å². The maximum Gasteiger partial charge on any atom is 0.232 e. The van der Waals surface area contributed by atoms with Gasteiger partial charge >= 0.3 is 0 Å². The number of hydrogen-bond donors (Lipinski definition) is 2. The van der Waals surface area contributed by atoms with Gasteiger partial charge in [0.05, 0.1) is 13.2 Å². The first-order valence-corrected chi connectivity index (χ1v) is 6.53. The van der Waals surface area contributed by atoms with Gasteiger partial charge in [0.25, 0.3) is 0 Å². The molecule has 5 nitrogen and oxygen atoms in total. The number of nitrogens with two attached hydrogens (primary N) is 1. The van der Waals surface area contributed by atoms with Crippen molar-refractivity contribution in [3.63, 3.8) is 0 Å². The molecule has 0 aliphatic carbocycles. The minimum atomic E-state index is -0.533. The summed E-state index contributed by atoms with van der Waals surface area (Å²) in [6.07, 6.45) is 0. The van der Waals surface area contributed by atoms with Gasteiger partial charge in [-0.15, -0.1) is 0 Å². The zero-order chi connectivity index (χ0) is 14.1. The molecule has 0 spiro atoms. The second kappa shape index (κ2) is 4.98. The Morgan fingerprint density at radius 2 is 2.16 bits per heavy atom. The van der Waals surface area contributed by atoms with Crippen LogP contribution < -0.4 is 11.1 Å². The van der Waals surface area contributed by atoms with E-state index >= 15 is 0 Å². The third kappa shape index (κ3) is 2.67. The predicted octanol–water partition coefficient (Wildman–Crippen LogP) is 0.957. The molecule has 19 heavy (non-hydrogen) atoms. The third-order valence-corrected chi connectivity index (χ3v) is 3.73. The summed E-state index contributed by atoms with van der Waals surface area (Å²) in [5, 5.41) is 2.97. The predicted molar refractivity (Wildman–Crippen MR) is 71.8 cm³/mol. The van der Waals surface area contributed by atoms with Crippen LogP contribution in [0.5, 0.6) is 0 Å². The Bertz CT molecular complexity index is 456.